The van der Waals surface area contributed by atoms with Gasteiger partial charge in [0.1, 0.15) is 5.01 Å². The molecular formula is C13H23N3OS. The fourth-order valence-corrected chi connectivity index (χ4v) is 3.11. The van der Waals surface area contributed by atoms with Crippen LogP contribution < -0.4 is 11.1 Å². The van der Waals surface area contributed by atoms with Crippen LogP contribution in [0.4, 0.5) is 0 Å². The van der Waals surface area contributed by atoms with Crippen molar-refractivity contribution in [2.45, 2.75) is 32.7 Å². The maximum atomic E-state index is 5.96. The lowest BCUT2D eigenvalue weighted by molar-refractivity contribution is 0.0182. The molecular weight excluding hydrogens is 246 g/mol. The van der Waals surface area contributed by atoms with Gasteiger partial charge in [0.2, 0.25) is 0 Å². The summed E-state index contributed by atoms with van der Waals surface area (Å²) in [5.74, 6) is 0. The number of nitrogens with two attached hydrogens (primary N) is 1. The van der Waals surface area contributed by atoms with Crippen molar-refractivity contribution in [1.82, 2.24) is 10.3 Å². The van der Waals surface area contributed by atoms with Crippen molar-refractivity contribution in [3.05, 3.63) is 16.1 Å². The largest absolute Gasteiger partial charge is 0.381 e. The fourth-order valence-electron chi connectivity index (χ4n) is 2.29. The van der Waals surface area contributed by atoms with Gasteiger partial charge in [-0.15, -0.1) is 11.3 Å². The van der Waals surface area contributed by atoms with Crippen LogP contribution in [0, 0.1) is 12.3 Å². The van der Waals surface area contributed by atoms with Gasteiger partial charge in [0.25, 0.3) is 0 Å². The molecule has 1 aromatic heterocycles. The third-order valence-electron chi connectivity index (χ3n) is 3.78. The molecule has 2 rings (SSSR count). The molecule has 5 heteroatoms. The van der Waals surface area contributed by atoms with Gasteiger partial charge in [-0.2, -0.15) is 0 Å². The van der Waals surface area contributed by atoms with E-state index in [9.17, 15) is 0 Å². The van der Waals surface area contributed by atoms with Crippen LogP contribution in [-0.4, -0.2) is 31.3 Å². The van der Waals surface area contributed by atoms with E-state index >= 15 is 0 Å². The van der Waals surface area contributed by atoms with Crippen LogP contribution in [0.2, 0.25) is 0 Å². The molecule has 1 aromatic rings. The Bertz CT molecular complexity index is 374. The van der Waals surface area contributed by atoms with E-state index < -0.39 is 0 Å². The van der Waals surface area contributed by atoms with Crippen molar-refractivity contribution in [2.24, 2.45) is 11.1 Å². The molecule has 0 bridgehead atoms. The number of hydrogen-bond donors (Lipinski definition) is 2. The molecule has 4 nitrogen and oxygen atoms in total. The van der Waals surface area contributed by atoms with E-state index in [1.54, 1.807) is 11.3 Å². The number of ether oxygens (including phenoxy) is 1. The first-order valence-corrected chi connectivity index (χ1v) is 7.46. The van der Waals surface area contributed by atoms with Crippen molar-refractivity contribution in [3.8, 4) is 0 Å². The molecule has 18 heavy (non-hydrogen) atoms. The Hall–Kier alpha value is -0.490. The summed E-state index contributed by atoms with van der Waals surface area (Å²) in [7, 11) is 0. The third-order valence-corrected chi connectivity index (χ3v) is 4.92. The molecule has 1 fully saturated rings. The second-order valence-corrected chi connectivity index (χ2v) is 6.14. The van der Waals surface area contributed by atoms with E-state index in [0.717, 1.165) is 49.8 Å². The molecule has 1 atom stereocenters. The minimum atomic E-state index is 0.207. The fraction of sp³-hybridized carbons (Fsp3) is 0.769. The number of aromatic nitrogens is 1. The standard InChI is InChI=1S/C13H23N3OS/c1-10-7-18-12(16-10)11(2)15-9-13(8-14)3-5-17-6-4-13/h7,11,15H,3-6,8-9,14H2,1-2H3. The molecule has 0 aliphatic carbocycles. The summed E-state index contributed by atoms with van der Waals surface area (Å²) in [6.07, 6.45) is 2.11. The van der Waals surface area contributed by atoms with Gasteiger partial charge in [0.15, 0.2) is 0 Å². The molecule has 0 spiro atoms. The predicted octanol–water partition coefficient (Wildman–Crippen LogP) is 1.86. The summed E-state index contributed by atoms with van der Waals surface area (Å²) >= 11 is 1.72. The van der Waals surface area contributed by atoms with Crippen molar-refractivity contribution < 1.29 is 4.74 Å². The average Bonchev–Trinajstić information content (AvgIpc) is 2.84. The Morgan fingerprint density at radius 3 is 2.83 bits per heavy atom. The topological polar surface area (TPSA) is 60.2 Å². The number of hydrogen-bond acceptors (Lipinski definition) is 5. The lowest BCUT2D eigenvalue weighted by Crippen LogP contribution is -2.44. The van der Waals surface area contributed by atoms with E-state index in [-0.39, 0.29) is 5.41 Å². The van der Waals surface area contributed by atoms with Crippen molar-refractivity contribution >= 4 is 11.3 Å². The van der Waals surface area contributed by atoms with Gasteiger partial charge in [-0.1, -0.05) is 0 Å². The molecule has 1 aliphatic rings. The van der Waals surface area contributed by atoms with Gasteiger partial charge < -0.3 is 15.8 Å². The minimum Gasteiger partial charge on any atom is -0.381 e. The molecule has 3 N–H and O–H groups in total. The van der Waals surface area contributed by atoms with Crippen molar-refractivity contribution in [2.75, 3.05) is 26.3 Å². The van der Waals surface area contributed by atoms with Crippen LogP contribution in [0.3, 0.4) is 0 Å². The van der Waals surface area contributed by atoms with Crippen LogP contribution in [0.5, 0.6) is 0 Å². The lowest BCUT2D eigenvalue weighted by Gasteiger charge is -2.37. The minimum absolute atomic E-state index is 0.207. The Morgan fingerprint density at radius 1 is 1.56 bits per heavy atom. The summed E-state index contributed by atoms with van der Waals surface area (Å²) in [5.41, 5.74) is 7.27. The second kappa shape index (κ2) is 6.10. The summed E-state index contributed by atoms with van der Waals surface area (Å²) in [4.78, 5) is 4.52. The smallest absolute Gasteiger partial charge is 0.110 e. The Balaban J connectivity index is 1.89. The first-order valence-electron chi connectivity index (χ1n) is 6.58. The lowest BCUT2D eigenvalue weighted by atomic mass is 9.80. The van der Waals surface area contributed by atoms with Crippen LogP contribution >= 0.6 is 11.3 Å². The van der Waals surface area contributed by atoms with E-state index in [0.29, 0.717) is 6.04 Å². The van der Waals surface area contributed by atoms with Crippen LogP contribution in [0.15, 0.2) is 5.38 Å². The highest BCUT2D eigenvalue weighted by Crippen LogP contribution is 2.29. The number of aryl methyl sites for hydroxylation is 1. The SMILES string of the molecule is Cc1csc(C(C)NCC2(CN)CCOCC2)n1. The molecule has 1 saturated heterocycles. The Kier molecular flexibility index (Phi) is 4.72. The van der Waals surface area contributed by atoms with Crippen molar-refractivity contribution in [1.29, 1.82) is 0 Å². The van der Waals surface area contributed by atoms with Gasteiger partial charge in [0.05, 0.1) is 6.04 Å². The molecule has 0 amide bonds. The van der Waals surface area contributed by atoms with Gasteiger partial charge in [-0.25, -0.2) is 4.98 Å². The van der Waals surface area contributed by atoms with E-state index in [1.807, 2.05) is 6.92 Å². The summed E-state index contributed by atoms with van der Waals surface area (Å²) < 4.78 is 5.43. The zero-order valence-corrected chi connectivity index (χ0v) is 12.1. The number of nitrogens with one attached hydrogen (secondary N) is 1. The third kappa shape index (κ3) is 3.29. The Labute approximate surface area is 113 Å². The van der Waals surface area contributed by atoms with Crippen LogP contribution in [-0.2, 0) is 4.74 Å². The van der Waals surface area contributed by atoms with E-state index in [1.165, 1.54) is 0 Å². The maximum Gasteiger partial charge on any atom is 0.110 e. The molecule has 0 saturated carbocycles. The normalized spacial score (nSPS) is 20.8. The highest BCUT2D eigenvalue weighted by Gasteiger charge is 2.31. The zero-order valence-electron chi connectivity index (χ0n) is 11.2. The average molecular weight is 269 g/mol. The first kappa shape index (κ1) is 13.9. The molecule has 1 unspecified atom stereocenters. The molecule has 0 aromatic carbocycles. The zero-order chi connectivity index (χ0) is 13.0. The summed E-state index contributed by atoms with van der Waals surface area (Å²) in [5, 5.41) is 6.84. The first-order chi connectivity index (χ1) is 8.65. The number of rotatable bonds is 5. The monoisotopic (exact) mass is 269 g/mol. The quantitative estimate of drug-likeness (QED) is 0.856. The van der Waals surface area contributed by atoms with E-state index in [4.69, 9.17) is 10.5 Å². The van der Waals surface area contributed by atoms with Gasteiger partial charge in [-0.3, -0.25) is 0 Å². The molecule has 0 radical (unpaired) electrons. The maximum absolute atomic E-state index is 5.96. The number of thiazole rings is 1. The molecule has 2 heterocycles. The highest BCUT2D eigenvalue weighted by molar-refractivity contribution is 7.09. The van der Waals surface area contributed by atoms with Gasteiger partial charge in [0, 0.05) is 30.8 Å². The van der Waals surface area contributed by atoms with Gasteiger partial charge in [-0.05, 0) is 38.6 Å². The number of nitrogens with zero attached hydrogens (tertiary/aromatic N) is 1. The molecule has 1 aliphatic heterocycles. The van der Waals surface area contributed by atoms with Gasteiger partial charge >= 0.3 is 0 Å². The second-order valence-electron chi connectivity index (χ2n) is 5.25. The predicted molar refractivity (Wildman–Crippen MR) is 74.8 cm³/mol. The van der Waals surface area contributed by atoms with Crippen LogP contribution in [0.1, 0.15) is 36.5 Å². The van der Waals surface area contributed by atoms with E-state index in [2.05, 4.69) is 22.6 Å². The molecule has 102 valence electrons. The Morgan fingerprint density at radius 2 is 2.28 bits per heavy atom. The summed E-state index contributed by atoms with van der Waals surface area (Å²) in [6, 6.07) is 0.301. The summed E-state index contributed by atoms with van der Waals surface area (Å²) in [6.45, 7) is 7.56. The highest BCUT2D eigenvalue weighted by atomic mass is 32.1. The van der Waals surface area contributed by atoms with Crippen LogP contribution in [0.25, 0.3) is 0 Å². The van der Waals surface area contributed by atoms with Crippen molar-refractivity contribution in [3.63, 3.8) is 0 Å².